The van der Waals surface area contributed by atoms with Crippen molar-refractivity contribution in [3.63, 3.8) is 0 Å². The fourth-order valence-corrected chi connectivity index (χ4v) is 2.95. The van der Waals surface area contributed by atoms with E-state index in [0.717, 1.165) is 17.8 Å². The number of ether oxygens (including phenoxy) is 2. The van der Waals surface area contributed by atoms with Gasteiger partial charge in [0.05, 0.1) is 24.9 Å². The first-order valence-corrected chi connectivity index (χ1v) is 8.93. The molecule has 0 aromatic carbocycles. The summed E-state index contributed by atoms with van der Waals surface area (Å²) in [6, 6.07) is 5.60. The Hall–Kier alpha value is -2.32. The van der Waals surface area contributed by atoms with Crippen LogP contribution in [-0.2, 0) is 25.7 Å². The van der Waals surface area contributed by atoms with Gasteiger partial charge in [-0.05, 0) is 31.4 Å². The van der Waals surface area contributed by atoms with E-state index in [1.807, 2.05) is 18.2 Å². The highest BCUT2D eigenvalue weighted by atomic mass is 16.5. The molecule has 2 aliphatic heterocycles. The summed E-state index contributed by atoms with van der Waals surface area (Å²) in [5, 5.41) is 7.04. The van der Waals surface area contributed by atoms with Crippen molar-refractivity contribution in [3.05, 3.63) is 30.1 Å². The molecule has 3 heterocycles. The predicted octanol–water partition coefficient (Wildman–Crippen LogP) is 0.918. The molecule has 0 spiro atoms. The third-order valence-electron chi connectivity index (χ3n) is 4.44. The van der Waals surface area contributed by atoms with Crippen molar-refractivity contribution in [2.45, 2.75) is 50.9 Å². The van der Waals surface area contributed by atoms with Crippen LogP contribution in [0.15, 0.2) is 29.5 Å². The molecule has 1 aromatic heterocycles. The zero-order chi connectivity index (χ0) is 18.2. The molecule has 0 unspecified atom stereocenters. The van der Waals surface area contributed by atoms with Gasteiger partial charge in [-0.25, -0.2) is 5.43 Å². The van der Waals surface area contributed by atoms with Crippen LogP contribution in [0, 0.1) is 0 Å². The van der Waals surface area contributed by atoms with Crippen LogP contribution >= 0.6 is 0 Å². The maximum Gasteiger partial charge on any atom is 0.240 e. The van der Waals surface area contributed by atoms with Gasteiger partial charge in [-0.3, -0.25) is 14.6 Å². The predicted molar refractivity (Wildman–Crippen MR) is 94.2 cm³/mol. The number of amides is 2. The van der Waals surface area contributed by atoms with Crippen LogP contribution in [0.2, 0.25) is 0 Å². The van der Waals surface area contributed by atoms with E-state index < -0.39 is 0 Å². The lowest BCUT2D eigenvalue weighted by Gasteiger charge is -2.32. The van der Waals surface area contributed by atoms with Crippen molar-refractivity contribution < 1.29 is 19.1 Å². The molecule has 140 valence electrons. The molecule has 1 fully saturated rings. The molecular weight excluding hydrogens is 336 g/mol. The third-order valence-corrected chi connectivity index (χ3v) is 4.44. The summed E-state index contributed by atoms with van der Waals surface area (Å²) in [6.45, 7) is 1.45. The molecule has 0 saturated carbocycles. The molecule has 2 amide bonds. The van der Waals surface area contributed by atoms with Gasteiger partial charge in [-0.15, -0.1) is 0 Å². The topological polar surface area (TPSA) is 102 Å². The molecule has 2 N–H and O–H groups in total. The van der Waals surface area contributed by atoms with Crippen LogP contribution in [0.1, 0.15) is 37.8 Å². The minimum atomic E-state index is -0.194. The number of hydrazone groups is 1. The van der Waals surface area contributed by atoms with E-state index in [2.05, 4.69) is 20.8 Å². The molecule has 2 atom stereocenters. The molecule has 26 heavy (non-hydrogen) atoms. The second kappa shape index (κ2) is 9.40. The minimum Gasteiger partial charge on any atom is -0.379 e. The molecule has 0 radical (unpaired) electrons. The summed E-state index contributed by atoms with van der Waals surface area (Å²) < 4.78 is 11.4. The van der Waals surface area contributed by atoms with Crippen LogP contribution < -0.4 is 10.7 Å². The Morgan fingerprint density at radius 3 is 3.08 bits per heavy atom. The highest BCUT2D eigenvalue weighted by Crippen LogP contribution is 2.14. The van der Waals surface area contributed by atoms with Gasteiger partial charge in [0.2, 0.25) is 11.8 Å². The maximum absolute atomic E-state index is 12.3. The first-order chi connectivity index (χ1) is 12.7. The summed E-state index contributed by atoms with van der Waals surface area (Å²) in [5.74, 6) is -0.115. The van der Waals surface area contributed by atoms with E-state index in [1.165, 1.54) is 0 Å². The van der Waals surface area contributed by atoms with E-state index in [0.29, 0.717) is 45.5 Å². The number of hydrogen-bond donors (Lipinski definition) is 2. The van der Waals surface area contributed by atoms with Crippen molar-refractivity contribution >= 4 is 17.5 Å². The van der Waals surface area contributed by atoms with Gasteiger partial charge >= 0.3 is 0 Å². The molecule has 0 aliphatic carbocycles. The van der Waals surface area contributed by atoms with Gasteiger partial charge in [0.1, 0.15) is 6.10 Å². The Bertz CT molecular complexity index is 650. The minimum absolute atomic E-state index is 0.0389. The second-order valence-electron chi connectivity index (χ2n) is 6.42. The molecule has 3 rings (SSSR count). The number of carbonyl (C=O) groups is 2. The molecule has 8 nitrogen and oxygen atoms in total. The number of pyridine rings is 1. The van der Waals surface area contributed by atoms with Crippen LogP contribution in [0.4, 0.5) is 0 Å². The molecule has 0 bridgehead atoms. The summed E-state index contributed by atoms with van der Waals surface area (Å²) in [5.41, 5.74) is 4.16. The Balaban J connectivity index is 1.45. The SMILES string of the molecule is O=C1CCC(CCC(=O)N[C@@H]2CCOC[C@H]2OCc2ccccn2)=NN1. The fourth-order valence-electron chi connectivity index (χ4n) is 2.95. The Morgan fingerprint density at radius 2 is 2.31 bits per heavy atom. The van der Waals surface area contributed by atoms with Crippen molar-refractivity contribution in [2.24, 2.45) is 5.10 Å². The molecular formula is C18H24N4O4. The summed E-state index contributed by atoms with van der Waals surface area (Å²) in [6.07, 6.45) is 4.20. The summed E-state index contributed by atoms with van der Waals surface area (Å²) >= 11 is 0. The second-order valence-corrected chi connectivity index (χ2v) is 6.42. The highest BCUT2D eigenvalue weighted by molar-refractivity contribution is 5.94. The summed E-state index contributed by atoms with van der Waals surface area (Å²) in [7, 11) is 0. The molecule has 8 heteroatoms. The zero-order valence-corrected chi connectivity index (χ0v) is 14.6. The first-order valence-electron chi connectivity index (χ1n) is 8.93. The molecule has 1 saturated heterocycles. The van der Waals surface area contributed by atoms with Crippen molar-refractivity contribution in [1.29, 1.82) is 0 Å². The van der Waals surface area contributed by atoms with Gasteiger partial charge in [-0.1, -0.05) is 6.07 Å². The lowest BCUT2D eigenvalue weighted by atomic mass is 10.0. The Morgan fingerprint density at radius 1 is 1.38 bits per heavy atom. The number of aromatic nitrogens is 1. The van der Waals surface area contributed by atoms with Gasteiger partial charge in [0.15, 0.2) is 0 Å². The Kier molecular flexibility index (Phi) is 6.68. The van der Waals surface area contributed by atoms with E-state index in [-0.39, 0.29) is 24.0 Å². The zero-order valence-electron chi connectivity index (χ0n) is 14.6. The molecule has 2 aliphatic rings. The lowest BCUT2D eigenvalue weighted by molar-refractivity contribution is -0.126. The normalized spacial score (nSPS) is 23.1. The highest BCUT2D eigenvalue weighted by Gasteiger charge is 2.28. The van der Waals surface area contributed by atoms with Gasteiger partial charge < -0.3 is 14.8 Å². The molecule has 1 aromatic rings. The van der Waals surface area contributed by atoms with Gasteiger partial charge in [-0.2, -0.15) is 5.10 Å². The average Bonchev–Trinajstić information content (AvgIpc) is 2.68. The third kappa shape index (κ3) is 5.60. The Labute approximate surface area is 152 Å². The quantitative estimate of drug-likeness (QED) is 0.753. The van der Waals surface area contributed by atoms with Crippen LogP contribution in [0.5, 0.6) is 0 Å². The average molecular weight is 360 g/mol. The standard InChI is InChI=1S/C18H24N4O4/c23-17(6-4-13-5-7-18(24)22-21-13)20-15-8-10-25-12-16(15)26-11-14-3-1-2-9-19-14/h1-3,9,15-16H,4-8,10-12H2,(H,20,23)(H,22,24)/t15-,16-/m1/s1. The van der Waals surface area contributed by atoms with E-state index in [4.69, 9.17) is 9.47 Å². The van der Waals surface area contributed by atoms with Crippen molar-refractivity contribution in [2.75, 3.05) is 13.2 Å². The smallest absolute Gasteiger partial charge is 0.240 e. The van der Waals surface area contributed by atoms with Crippen LogP contribution in [-0.4, -0.2) is 47.9 Å². The number of nitrogens with zero attached hydrogens (tertiary/aromatic N) is 2. The van der Waals surface area contributed by atoms with Gasteiger partial charge in [0.25, 0.3) is 0 Å². The van der Waals surface area contributed by atoms with Gasteiger partial charge in [0, 0.05) is 31.4 Å². The van der Waals surface area contributed by atoms with E-state index in [9.17, 15) is 9.59 Å². The van der Waals surface area contributed by atoms with E-state index >= 15 is 0 Å². The maximum atomic E-state index is 12.3. The monoisotopic (exact) mass is 360 g/mol. The fraction of sp³-hybridized carbons (Fsp3) is 0.556. The summed E-state index contributed by atoms with van der Waals surface area (Å²) in [4.78, 5) is 27.6. The lowest BCUT2D eigenvalue weighted by Crippen LogP contribution is -2.50. The number of hydrogen-bond acceptors (Lipinski definition) is 6. The number of nitrogens with one attached hydrogen (secondary N) is 2. The first kappa shape index (κ1) is 18.5. The largest absolute Gasteiger partial charge is 0.379 e. The van der Waals surface area contributed by atoms with Crippen LogP contribution in [0.25, 0.3) is 0 Å². The van der Waals surface area contributed by atoms with Crippen molar-refractivity contribution in [3.8, 4) is 0 Å². The number of carbonyl (C=O) groups excluding carboxylic acids is 2. The van der Waals surface area contributed by atoms with Crippen LogP contribution in [0.3, 0.4) is 0 Å². The van der Waals surface area contributed by atoms with E-state index in [1.54, 1.807) is 6.20 Å². The van der Waals surface area contributed by atoms with Crippen molar-refractivity contribution in [1.82, 2.24) is 15.7 Å². The number of rotatable bonds is 7.